The molecule has 2 aromatic carbocycles. The highest BCUT2D eigenvalue weighted by atomic mass is 35.5. The zero-order valence-electron chi connectivity index (χ0n) is 12.0. The van der Waals surface area contributed by atoms with Crippen molar-refractivity contribution in [2.24, 2.45) is 0 Å². The number of carbonyl (C=O) groups is 1. The van der Waals surface area contributed by atoms with Crippen LogP contribution >= 0.6 is 23.8 Å². The van der Waals surface area contributed by atoms with Crippen molar-refractivity contribution in [1.82, 2.24) is 5.32 Å². The average Bonchev–Trinajstić information content (AvgIpc) is 2.51. The van der Waals surface area contributed by atoms with Gasteiger partial charge in [0, 0.05) is 16.8 Å². The second-order valence-electron chi connectivity index (χ2n) is 4.60. The van der Waals surface area contributed by atoms with E-state index < -0.39 is 0 Å². The minimum atomic E-state index is -0.291. The summed E-state index contributed by atoms with van der Waals surface area (Å²) in [4.78, 5) is 11.8. The monoisotopic (exact) mass is 330 g/mol. The van der Waals surface area contributed by atoms with Gasteiger partial charge in [-0.05, 0) is 48.5 Å². The Hall–Kier alpha value is -2.17. The molecule has 1 amide bonds. The van der Waals surface area contributed by atoms with Crippen molar-refractivity contribution in [3.63, 3.8) is 0 Å². The fourth-order valence-corrected chi connectivity index (χ4v) is 2.17. The van der Waals surface area contributed by atoms with Crippen LogP contribution in [0, 0.1) is 6.92 Å². The predicted octanol–water partition coefficient (Wildman–Crippen LogP) is 4.17. The Balaban J connectivity index is 1.93. The molecule has 0 atom stereocenters. The van der Waals surface area contributed by atoms with Crippen LogP contribution in [0.4, 0.5) is 5.69 Å². The molecule has 0 unspecified atom stereocenters. The first kappa shape index (κ1) is 16.2. The molecule has 0 saturated carbocycles. The van der Waals surface area contributed by atoms with E-state index >= 15 is 0 Å². The minimum Gasteiger partial charge on any atom is -0.332 e. The molecule has 5 heteroatoms. The van der Waals surface area contributed by atoms with Gasteiger partial charge >= 0.3 is 0 Å². The van der Waals surface area contributed by atoms with E-state index in [0.717, 1.165) is 16.8 Å². The maximum atomic E-state index is 11.8. The first-order chi connectivity index (χ1) is 10.6. The number of halogens is 1. The molecule has 3 nitrogen and oxygen atoms in total. The molecule has 0 spiro atoms. The molecule has 0 aromatic heterocycles. The maximum Gasteiger partial charge on any atom is 0.250 e. The summed E-state index contributed by atoms with van der Waals surface area (Å²) in [6, 6.07) is 15.0. The van der Waals surface area contributed by atoms with Crippen LogP contribution in [0.1, 0.15) is 11.1 Å². The molecule has 2 N–H and O–H groups in total. The van der Waals surface area contributed by atoms with Crippen molar-refractivity contribution in [1.29, 1.82) is 0 Å². The fraction of sp³-hybridized carbons (Fsp3) is 0.0588. The molecule has 0 bridgehead atoms. The highest BCUT2D eigenvalue weighted by Gasteiger charge is 2.05. The van der Waals surface area contributed by atoms with Crippen LogP contribution in [0.3, 0.4) is 0 Å². The van der Waals surface area contributed by atoms with Crippen LogP contribution in [0.2, 0.25) is 5.02 Å². The third-order valence-electron chi connectivity index (χ3n) is 2.98. The molecule has 2 aromatic rings. The van der Waals surface area contributed by atoms with E-state index in [1.54, 1.807) is 12.1 Å². The van der Waals surface area contributed by atoms with Gasteiger partial charge in [-0.1, -0.05) is 48.0 Å². The van der Waals surface area contributed by atoms with Crippen LogP contribution in [0.5, 0.6) is 0 Å². The summed E-state index contributed by atoms with van der Waals surface area (Å²) in [5, 5.41) is 6.43. The van der Waals surface area contributed by atoms with Gasteiger partial charge in [0.25, 0.3) is 0 Å². The van der Waals surface area contributed by atoms with Crippen LogP contribution < -0.4 is 10.6 Å². The summed E-state index contributed by atoms with van der Waals surface area (Å²) >= 11 is 11.2. The first-order valence-corrected chi connectivity index (χ1v) is 7.45. The van der Waals surface area contributed by atoms with Crippen LogP contribution in [-0.2, 0) is 4.79 Å². The van der Waals surface area contributed by atoms with Gasteiger partial charge < -0.3 is 5.32 Å². The van der Waals surface area contributed by atoms with Gasteiger partial charge in [-0.15, -0.1) is 0 Å². The lowest BCUT2D eigenvalue weighted by Gasteiger charge is -2.11. The summed E-state index contributed by atoms with van der Waals surface area (Å²) in [6.45, 7) is 1.88. The summed E-state index contributed by atoms with van der Waals surface area (Å²) in [6.07, 6.45) is 3.16. The maximum absolute atomic E-state index is 11.8. The van der Waals surface area contributed by atoms with Crippen molar-refractivity contribution < 1.29 is 4.79 Å². The number of hydrogen-bond donors (Lipinski definition) is 2. The molecule has 0 heterocycles. The Morgan fingerprint density at radius 1 is 1.14 bits per heavy atom. The van der Waals surface area contributed by atoms with Gasteiger partial charge in [-0.25, -0.2) is 0 Å². The number of carbonyl (C=O) groups excluding carboxylic acids is 1. The van der Waals surface area contributed by atoms with E-state index in [1.807, 2.05) is 49.4 Å². The van der Waals surface area contributed by atoms with Gasteiger partial charge in [-0.3, -0.25) is 10.1 Å². The van der Waals surface area contributed by atoms with E-state index in [9.17, 15) is 4.79 Å². The highest BCUT2D eigenvalue weighted by molar-refractivity contribution is 7.80. The second kappa shape index (κ2) is 7.73. The lowest BCUT2D eigenvalue weighted by atomic mass is 10.2. The van der Waals surface area contributed by atoms with Gasteiger partial charge in [0.05, 0.1) is 0 Å². The molecule has 0 radical (unpaired) electrons. The molecule has 0 fully saturated rings. The third kappa shape index (κ3) is 4.69. The largest absolute Gasteiger partial charge is 0.332 e. The molecule has 2 rings (SSSR count). The number of anilines is 1. The minimum absolute atomic E-state index is 0.230. The van der Waals surface area contributed by atoms with Crippen molar-refractivity contribution >= 4 is 46.6 Å². The average molecular weight is 331 g/mol. The quantitative estimate of drug-likeness (QED) is 0.655. The molecule has 0 aliphatic carbocycles. The molecule has 0 aliphatic heterocycles. The van der Waals surface area contributed by atoms with Crippen molar-refractivity contribution in [2.45, 2.75) is 6.92 Å². The summed E-state index contributed by atoms with van der Waals surface area (Å²) < 4.78 is 0. The van der Waals surface area contributed by atoms with Gasteiger partial charge in [0.1, 0.15) is 0 Å². The highest BCUT2D eigenvalue weighted by Crippen LogP contribution is 2.22. The summed E-state index contributed by atoms with van der Waals surface area (Å²) in [5.74, 6) is -0.291. The van der Waals surface area contributed by atoms with Gasteiger partial charge in [-0.2, -0.15) is 0 Å². The Bertz CT molecular complexity index is 714. The Labute approximate surface area is 140 Å². The molecule has 112 valence electrons. The number of rotatable bonds is 3. The molecule has 0 aliphatic rings. The summed E-state index contributed by atoms with van der Waals surface area (Å²) in [5.41, 5.74) is 2.59. The Morgan fingerprint density at radius 3 is 2.59 bits per heavy atom. The number of benzene rings is 2. The first-order valence-electron chi connectivity index (χ1n) is 6.66. The standard InChI is InChI=1S/C17H15ClN2OS/c1-12-14(18)8-5-9-15(12)19-17(22)20-16(21)11-10-13-6-3-2-4-7-13/h2-11H,1H3,(H2,19,20,21,22)/b11-10+. The van der Waals surface area contributed by atoms with Crippen molar-refractivity contribution in [3.8, 4) is 0 Å². The molecular formula is C17H15ClN2OS. The van der Waals surface area contributed by atoms with E-state index in [1.165, 1.54) is 6.08 Å². The van der Waals surface area contributed by atoms with E-state index in [-0.39, 0.29) is 11.0 Å². The van der Waals surface area contributed by atoms with E-state index in [0.29, 0.717) is 5.02 Å². The zero-order chi connectivity index (χ0) is 15.9. The van der Waals surface area contributed by atoms with Crippen LogP contribution in [0.25, 0.3) is 6.08 Å². The van der Waals surface area contributed by atoms with E-state index in [4.69, 9.17) is 23.8 Å². The van der Waals surface area contributed by atoms with Crippen molar-refractivity contribution in [2.75, 3.05) is 5.32 Å². The Morgan fingerprint density at radius 2 is 1.86 bits per heavy atom. The third-order valence-corrected chi connectivity index (χ3v) is 3.59. The number of amides is 1. The Kier molecular flexibility index (Phi) is 5.69. The normalized spacial score (nSPS) is 10.5. The zero-order valence-corrected chi connectivity index (χ0v) is 13.5. The lowest BCUT2D eigenvalue weighted by molar-refractivity contribution is -0.115. The van der Waals surface area contributed by atoms with Crippen LogP contribution in [-0.4, -0.2) is 11.0 Å². The van der Waals surface area contributed by atoms with Crippen molar-refractivity contribution in [3.05, 3.63) is 70.8 Å². The van der Waals surface area contributed by atoms with Gasteiger partial charge in [0.2, 0.25) is 5.91 Å². The molecule has 0 saturated heterocycles. The topological polar surface area (TPSA) is 41.1 Å². The number of thiocarbonyl (C=S) groups is 1. The van der Waals surface area contributed by atoms with Crippen LogP contribution in [0.15, 0.2) is 54.6 Å². The SMILES string of the molecule is Cc1c(Cl)cccc1NC(=S)NC(=O)/C=C/c1ccccc1. The smallest absolute Gasteiger partial charge is 0.250 e. The predicted molar refractivity (Wildman–Crippen MR) is 96.0 cm³/mol. The number of nitrogens with one attached hydrogen (secondary N) is 2. The summed E-state index contributed by atoms with van der Waals surface area (Å²) in [7, 11) is 0. The molecular weight excluding hydrogens is 316 g/mol. The second-order valence-corrected chi connectivity index (χ2v) is 5.42. The number of hydrogen-bond acceptors (Lipinski definition) is 2. The fourth-order valence-electron chi connectivity index (χ4n) is 1.79. The van der Waals surface area contributed by atoms with Gasteiger partial charge in [0.15, 0.2) is 5.11 Å². The van der Waals surface area contributed by atoms with E-state index in [2.05, 4.69) is 10.6 Å². The molecule has 22 heavy (non-hydrogen) atoms. The lowest BCUT2D eigenvalue weighted by Crippen LogP contribution is -2.33.